The van der Waals surface area contributed by atoms with Gasteiger partial charge in [0.15, 0.2) is 6.61 Å². The molecule has 0 aliphatic heterocycles. The maximum Gasteiger partial charge on any atom is 0.413 e. The van der Waals surface area contributed by atoms with Crippen LogP contribution in [0.5, 0.6) is 0 Å². The van der Waals surface area contributed by atoms with E-state index in [1.54, 1.807) is 0 Å². The van der Waals surface area contributed by atoms with Crippen molar-refractivity contribution in [2.45, 2.75) is 12.7 Å². The lowest BCUT2D eigenvalue weighted by atomic mass is 10.2. The second-order valence-corrected chi connectivity index (χ2v) is 4.12. The Balaban J connectivity index is 2.53. The van der Waals surface area contributed by atoms with Crippen molar-refractivity contribution < 1.29 is 22.9 Å². The quantitative estimate of drug-likeness (QED) is 0.512. The topological polar surface area (TPSA) is 64.4 Å². The summed E-state index contributed by atoms with van der Waals surface area (Å²) in [5.74, 6) is 0. The fraction of sp³-hybridized carbons (Fsp3) is 0.333. The van der Waals surface area contributed by atoms with Gasteiger partial charge in [0.25, 0.3) is 5.69 Å². The number of rotatable bonds is 5. The molecular weight excluding hydrogens is 321 g/mol. The fourth-order valence-corrected chi connectivity index (χ4v) is 1.47. The number of nitro benzene ring substituents is 1. The summed E-state index contributed by atoms with van der Waals surface area (Å²) >= 11 is 3.00. The lowest BCUT2D eigenvalue weighted by Gasteiger charge is -2.08. The summed E-state index contributed by atoms with van der Waals surface area (Å²) in [4.78, 5) is 14.2. The summed E-state index contributed by atoms with van der Waals surface area (Å²) in [6, 6.07) is 4.22. The van der Waals surface area contributed by atoms with E-state index in [0.29, 0.717) is 10.0 Å². The Morgan fingerprint density at radius 3 is 2.67 bits per heavy atom. The number of hydrogen-bond acceptors (Lipinski definition) is 4. The van der Waals surface area contributed by atoms with Gasteiger partial charge in [0, 0.05) is 12.6 Å². The molecule has 0 amide bonds. The van der Waals surface area contributed by atoms with Crippen molar-refractivity contribution in [2.24, 2.45) is 0 Å². The van der Waals surface area contributed by atoms with Crippen LogP contribution in [0.1, 0.15) is 5.56 Å². The van der Waals surface area contributed by atoms with Crippen molar-refractivity contribution in [2.75, 3.05) is 6.61 Å². The zero-order valence-corrected chi connectivity index (χ0v) is 10.4. The number of hydrogen-bond donors (Lipinski definition) is 1. The number of benzene rings is 1. The van der Waals surface area contributed by atoms with Gasteiger partial charge in [-0.1, -0.05) is 6.07 Å². The molecule has 1 N–H and O–H groups in total. The van der Waals surface area contributed by atoms with Gasteiger partial charge < -0.3 is 0 Å². The molecule has 1 aromatic carbocycles. The molecule has 0 saturated heterocycles. The summed E-state index contributed by atoms with van der Waals surface area (Å²) in [6.07, 6.45) is -4.42. The van der Waals surface area contributed by atoms with E-state index in [0.717, 1.165) is 0 Å². The molecule has 0 bridgehead atoms. The minimum Gasteiger partial charge on any atom is -0.292 e. The smallest absolute Gasteiger partial charge is 0.292 e. The highest BCUT2D eigenvalue weighted by Gasteiger charge is 2.27. The van der Waals surface area contributed by atoms with Gasteiger partial charge in [-0.15, -0.1) is 0 Å². The third-order valence-corrected chi connectivity index (χ3v) is 2.49. The van der Waals surface area contributed by atoms with Crippen LogP contribution in [0.15, 0.2) is 22.7 Å². The molecule has 0 aliphatic carbocycles. The van der Waals surface area contributed by atoms with Gasteiger partial charge >= 0.3 is 6.18 Å². The van der Waals surface area contributed by atoms with Gasteiger partial charge in [-0.05, 0) is 27.6 Å². The van der Waals surface area contributed by atoms with Gasteiger partial charge in [0.2, 0.25) is 0 Å². The predicted octanol–water partition coefficient (Wildman–Crippen LogP) is 2.94. The Kier molecular flexibility index (Phi) is 5.05. The molecule has 0 unspecified atom stereocenters. The van der Waals surface area contributed by atoms with E-state index in [2.05, 4.69) is 26.2 Å². The van der Waals surface area contributed by atoms with Crippen LogP contribution in [-0.2, 0) is 11.4 Å². The maximum absolute atomic E-state index is 11.7. The standard InChI is InChI=1S/C9H8BrF3N2O3/c10-7-2-1-6(3-8(7)15(16)17)4-14-18-5-9(11,12)13/h1-3,14H,4-5H2. The lowest BCUT2D eigenvalue weighted by Crippen LogP contribution is -2.24. The molecule has 100 valence electrons. The Morgan fingerprint density at radius 2 is 2.11 bits per heavy atom. The van der Waals surface area contributed by atoms with E-state index in [-0.39, 0.29) is 12.2 Å². The average molecular weight is 329 g/mol. The zero-order valence-electron chi connectivity index (χ0n) is 8.83. The number of nitrogens with zero attached hydrogens (tertiary/aromatic N) is 1. The van der Waals surface area contributed by atoms with Crippen molar-refractivity contribution in [3.63, 3.8) is 0 Å². The second kappa shape index (κ2) is 6.12. The molecule has 0 radical (unpaired) electrons. The van der Waals surface area contributed by atoms with Gasteiger partial charge in [0.1, 0.15) is 0 Å². The average Bonchev–Trinajstić information content (AvgIpc) is 2.24. The van der Waals surface area contributed by atoms with Crippen LogP contribution >= 0.6 is 15.9 Å². The van der Waals surface area contributed by atoms with E-state index in [4.69, 9.17) is 0 Å². The monoisotopic (exact) mass is 328 g/mol. The molecule has 1 aromatic rings. The third kappa shape index (κ3) is 4.98. The van der Waals surface area contributed by atoms with Crippen molar-refractivity contribution in [1.82, 2.24) is 5.48 Å². The van der Waals surface area contributed by atoms with Gasteiger partial charge in [0.05, 0.1) is 9.40 Å². The molecule has 0 spiro atoms. The summed E-state index contributed by atoms with van der Waals surface area (Å²) in [6.45, 7) is -1.49. The van der Waals surface area contributed by atoms with E-state index in [1.165, 1.54) is 18.2 Å². The molecule has 0 fully saturated rings. The van der Waals surface area contributed by atoms with Crippen LogP contribution < -0.4 is 5.48 Å². The highest BCUT2D eigenvalue weighted by Crippen LogP contribution is 2.25. The number of halogens is 4. The lowest BCUT2D eigenvalue weighted by molar-refractivity contribution is -0.385. The molecule has 5 nitrogen and oxygen atoms in total. The van der Waals surface area contributed by atoms with E-state index >= 15 is 0 Å². The Bertz CT molecular complexity index is 440. The molecule has 0 atom stereocenters. The Morgan fingerprint density at radius 1 is 1.44 bits per heavy atom. The van der Waals surface area contributed by atoms with Crippen LogP contribution in [0, 0.1) is 10.1 Å². The Labute approximate surface area is 108 Å². The van der Waals surface area contributed by atoms with E-state index in [1.807, 2.05) is 0 Å². The van der Waals surface area contributed by atoms with Crippen molar-refractivity contribution in [1.29, 1.82) is 0 Å². The summed E-state index contributed by atoms with van der Waals surface area (Å²) in [5, 5.41) is 10.6. The number of hydroxylamine groups is 1. The van der Waals surface area contributed by atoms with Crippen LogP contribution in [0.2, 0.25) is 0 Å². The molecule has 9 heteroatoms. The zero-order chi connectivity index (χ0) is 13.8. The molecule has 18 heavy (non-hydrogen) atoms. The summed E-state index contributed by atoms with van der Waals surface area (Å²) in [5.41, 5.74) is 2.36. The highest BCUT2D eigenvalue weighted by atomic mass is 79.9. The first kappa shape index (κ1) is 14.9. The van der Waals surface area contributed by atoms with Gasteiger partial charge in [-0.2, -0.15) is 18.7 Å². The summed E-state index contributed by atoms with van der Waals surface area (Å²) < 4.78 is 35.5. The number of nitro groups is 1. The van der Waals surface area contributed by atoms with Crippen LogP contribution in [-0.4, -0.2) is 17.7 Å². The minimum atomic E-state index is -4.42. The highest BCUT2D eigenvalue weighted by molar-refractivity contribution is 9.10. The predicted molar refractivity (Wildman–Crippen MR) is 59.6 cm³/mol. The minimum absolute atomic E-state index is 0.0653. The van der Waals surface area contributed by atoms with Crippen molar-refractivity contribution in [3.8, 4) is 0 Å². The largest absolute Gasteiger partial charge is 0.413 e. The third-order valence-electron chi connectivity index (χ3n) is 1.82. The van der Waals surface area contributed by atoms with Crippen LogP contribution in [0.25, 0.3) is 0 Å². The first-order chi connectivity index (χ1) is 8.29. The molecule has 1 rings (SSSR count). The molecule has 0 heterocycles. The first-order valence-corrected chi connectivity index (χ1v) is 5.43. The van der Waals surface area contributed by atoms with Crippen molar-refractivity contribution in [3.05, 3.63) is 38.3 Å². The second-order valence-electron chi connectivity index (χ2n) is 3.27. The molecule has 0 aliphatic rings. The van der Waals surface area contributed by atoms with Crippen LogP contribution in [0.3, 0.4) is 0 Å². The fourth-order valence-electron chi connectivity index (χ4n) is 1.08. The first-order valence-electron chi connectivity index (χ1n) is 4.64. The van der Waals surface area contributed by atoms with E-state index < -0.39 is 17.7 Å². The van der Waals surface area contributed by atoms with Gasteiger partial charge in [-0.3, -0.25) is 15.0 Å². The van der Waals surface area contributed by atoms with Crippen molar-refractivity contribution >= 4 is 21.6 Å². The number of alkyl halides is 3. The molecule has 0 aromatic heterocycles. The number of nitrogens with one attached hydrogen (secondary N) is 1. The summed E-state index contributed by atoms with van der Waals surface area (Å²) in [7, 11) is 0. The van der Waals surface area contributed by atoms with Gasteiger partial charge in [-0.25, -0.2) is 0 Å². The van der Waals surface area contributed by atoms with E-state index in [9.17, 15) is 23.3 Å². The van der Waals surface area contributed by atoms with Crippen LogP contribution in [0.4, 0.5) is 18.9 Å². The maximum atomic E-state index is 11.7. The molecule has 0 saturated carbocycles. The normalized spacial score (nSPS) is 11.6. The Hall–Kier alpha value is -1.19. The molecular formula is C9H8BrF3N2O3. The SMILES string of the molecule is O=[N+]([O-])c1cc(CNOCC(F)(F)F)ccc1Br.